The van der Waals surface area contributed by atoms with Crippen molar-refractivity contribution >= 4 is 11.6 Å². The van der Waals surface area contributed by atoms with Gasteiger partial charge in [0.15, 0.2) is 0 Å². The lowest BCUT2D eigenvalue weighted by Crippen LogP contribution is -2.25. The van der Waals surface area contributed by atoms with Gasteiger partial charge in [0.25, 0.3) is 0 Å². The van der Waals surface area contributed by atoms with Crippen LogP contribution in [0.1, 0.15) is 51.4 Å². The molecule has 1 atom stereocenters. The molecule has 1 heterocycles. The molecule has 0 N–H and O–H groups in total. The molecule has 0 radical (unpaired) electrons. The summed E-state index contributed by atoms with van der Waals surface area (Å²) in [5.74, 6) is 1.36. The third-order valence-electron chi connectivity index (χ3n) is 3.34. The third kappa shape index (κ3) is 2.33. The van der Waals surface area contributed by atoms with Crippen molar-refractivity contribution < 1.29 is 0 Å². The Morgan fingerprint density at radius 1 is 1.60 bits per heavy atom. The van der Waals surface area contributed by atoms with Crippen molar-refractivity contribution in [3.8, 4) is 0 Å². The van der Waals surface area contributed by atoms with Gasteiger partial charge in [0.05, 0.1) is 5.88 Å². The summed E-state index contributed by atoms with van der Waals surface area (Å²) in [4.78, 5) is 0. The summed E-state index contributed by atoms with van der Waals surface area (Å²) in [7, 11) is 0. The molecule has 1 aliphatic carbocycles. The van der Waals surface area contributed by atoms with Gasteiger partial charge in [-0.15, -0.1) is 21.8 Å². The maximum atomic E-state index is 5.84. The van der Waals surface area contributed by atoms with E-state index in [4.69, 9.17) is 11.6 Å². The van der Waals surface area contributed by atoms with E-state index in [1.807, 2.05) is 6.33 Å². The zero-order valence-electron chi connectivity index (χ0n) is 9.41. The van der Waals surface area contributed by atoms with Crippen LogP contribution in [0.5, 0.6) is 0 Å². The molecule has 4 heteroatoms. The minimum absolute atomic E-state index is 0.441. The van der Waals surface area contributed by atoms with Crippen LogP contribution < -0.4 is 0 Å². The Morgan fingerprint density at radius 2 is 2.40 bits per heavy atom. The Bertz CT molecular complexity index is 332. The molecule has 1 fully saturated rings. The van der Waals surface area contributed by atoms with Crippen LogP contribution in [-0.2, 0) is 5.88 Å². The third-order valence-corrected chi connectivity index (χ3v) is 3.58. The maximum Gasteiger partial charge on any atom is 0.148 e. The van der Waals surface area contributed by atoms with Crippen LogP contribution in [0.25, 0.3) is 0 Å². The molecule has 15 heavy (non-hydrogen) atoms. The fraction of sp³-hybridized carbons (Fsp3) is 0.818. The van der Waals surface area contributed by atoms with Gasteiger partial charge in [0.1, 0.15) is 12.2 Å². The van der Waals surface area contributed by atoms with E-state index in [0.29, 0.717) is 17.3 Å². The van der Waals surface area contributed by atoms with Crippen LogP contribution >= 0.6 is 11.6 Å². The molecule has 1 saturated carbocycles. The van der Waals surface area contributed by atoms with Gasteiger partial charge >= 0.3 is 0 Å². The smallest absolute Gasteiger partial charge is 0.148 e. The van der Waals surface area contributed by atoms with Gasteiger partial charge in [-0.05, 0) is 24.7 Å². The molecule has 84 valence electrons. The van der Waals surface area contributed by atoms with Crippen LogP contribution in [-0.4, -0.2) is 14.8 Å². The number of hydrogen-bond acceptors (Lipinski definition) is 2. The molecular weight excluding hydrogens is 210 g/mol. The van der Waals surface area contributed by atoms with E-state index < -0.39 is 0 Å². The van der Waals surface area contributed by atoms with Gasteiger partial charge in [0.2, 0.25) is 0 Å². The van der Waals surface area contributed by atoms with Gasteiger partial charge < -0.3 is 4.57 Å². The summed E-state index contributed by atoms with van der Waals surface area (Å²) in [5, 5.41) is 7.98. The second-order valence-corrected chi connectivity index (χ2v) is 5.47. The monoisotopic (exact) mass is 227 g/mol. The number of nitrogens with zero attached hydrogens (tertiary/aromatic N) is 3. The van der Waals surface area contributed by atoms with Gasteiger partial charge in [-0.1, -0.05) is 20.3 Å². The summed E-state index contributed by atoms with van der Waals surface area (Å²) in [6.07, 6.45) is 6.86. The first kappa shape index (κ1) is 10.9. The zero-order valence-corrected chi connectivity index (χ0v) is 10.2. The lowest BCUT2D eigenvalue weighted by atomic mass is 9.75. The fourth-order valence-corrected chi connectivity index (χ4v) is 2.75. The average Bonchev–Trinajstić information content (AvgIpc) is 2.63. The molecule has 2 rings (SSSR count). The molecule has 1 aromatic rings. The highest BCUT2D eigenvalue weighted by atomic mass is 35.5. The quantitative estimate of drug-likeness (QED) is 0.727. The van der Waals surface area contributed by atoms with Crippen LogP contribution in [0.2, 0.25) is 0 Å². The predicted molar refractivity (Wildman–Crippen MR) is 60.9 cm³/mol. The molecule has 0 spiro atoms. The molecule has 0 saturated heterocycles. The van der Waals surface area contributed by atoms with Gasteiger partial charge in [-0.25, -0.2) is 0 Å². The summed E-state index contributed by atoms with van der Waals surface area (Å²) in [6.45, 7) is 4.67. The fourth-order valence-electron chi connectivity index (χ4n) is 2.56. The van der Waals surface area contributed by atoms with E-state index in [0.717, 1.165) is 5.82 Å². The lowest BCUT2D eigenvalue weighted by Gasteiger charge is -2.36. The van der Waals surface area contributed by atoms with E-state index in [9.17, 15) is 0 Å². The molecule has 0 aromatic carbocycles. The Hall–Kier alpha value is -0.570. The van der Waals surface area contributed by atoms with Crippen molar-refractivity contribution in [2.24, 2.45) is 5.41 Å². The number of alkyl halides is 1. The first-order valence-corrected chi connectivity index (χ1v) is 6.10. The molecule has 1 unspecified atom stereocenters. The molecule has 0 amide bonds. The molecule has 3 nitrogen and oxygen atoms in total. The molecule has 0 bridgehead atoms. The van der Waals surface area contributed by atoms with Crippen LogP contribution in [0.4, 0.5) is 0 Å². The maximum absolute atomic E-state index is 5.84. The van der Waals surface area contributed by atoms with Gasteiger partial charge in [-0.2, -0.15) is 0 Å². The number of aromatic nitrogens is 3. The topological polar surface area (TPSA) is 30.7 Å². The van der Waals surface area contributed by atoms with E-state index in [2.05, 4.69) is 28.6 Å². The molecule has 0 aliphatic heterocycles. The van der Waals surface area contributed by atoms with E-state index in [1.165, 1.54) is 25.7 Å². The first-order chi connectivity index (χ1) is 7.12. The number of halogens is 1. The minimum Gasteiger partial charge on any atom is -0.313 e. The predicted octanol–water partition coefficient (Wildman–Crippen LogP) is 3.16. The number of hydrogen-bond donors (Lipinski definition) is 0. The SMILES string of the molecule is CC1(C)CCCC(n2cnnc2CCl)C1. The molecule has 1 aromatic heterocycles. The Balaban J connectivity index is 2.17. The van der Waals surface area contributed by atoms with Crippen molar-refractivity contribution in [2.45, 2.75) is 51.5 Å². The largest absolute Gasteiger partial charge is 0.313 e. The van der Waals surface area contributed by atoms with E-state index in [-0.39, 0.29) is 0 Å². The van der Waals surface area contributed by atoms with Gasteiger partial charge in [0, 0.05) is 6.04 Å². The van der Waals surface area contributed by atoms with E-state index in [1.54, 1.807) is 0 Å². The Morgan fingerprint density at radius 3 is 3.07 bits per heavy atom. The van der Waals surface area contributed by atoms with Crippen LogP contribution in [0, 0.1) is 5.41 Å². The Labute approximate surface area is 95.8 Å². The first-order valence-electron chi connectivity index (χ1n) is 5.57. The second-order valence-electron chi connectivity index (χ2n) is 5.20. The second kappa shape index (κ2) is 4.12. The molecular formula is C11H18ClN3. The van der Waals surface area contributed by atoms with Crippen molar-refractivity contribution in [1.82, 2.24) is 14.8 Å². The standard InChI is InChI=1S/C11H18ClN3/c1-11(2)5-3-4-9(6-11)15-8-13-14-10(15)7-12/h8-9H,3-7H2,1-2H3. The summed E-state index contributed by atoms with van der Waals surface area (Å²) in [6, 6.07) is 0.539. The summed E-state index contributed by atoms with van der Waals surface area (Å²) < 4.78 is 2.16. The Kier molecular flexibility index (Phi) is 3.01. The van der Waals surface area contributed by atoms with Crippen LogP contribution in [0.3, 0.4) is 0 Å². The lowest BCUT2D eigenvalue weighted by molar-refractivity contribution is 0.181. The molecule has 1 aliphatic rings. The van der Waals surface area contributed by atoms with Crippen molar-refractivity contribution in [1.29, 1.82) is 0 Å². The van der Waals surface area contributed by atoms with Crippen molar-refractivity contribution in [3.05, 3.63) is 12.2 Å². The van der Waals surface area contributed by atoms with Gasteiger partial charge in [-0.3, -0.25) is 0 Å². The summed E-state index contributed by atoms with van der Waals surface area (Å²) in [5.41, 5.74) is 0.441. The average molecular weight is 228 g/mol. The van der Waals surface area contributed by atoms with Crippen LogP contribution in [0.15, 0.2) is 6.33 Å². The summed E-state index contributed by atoms with van der Waals surface area (Å²) >= 11 is 5.84. The minimum atomic E-state index is 0.441. The van der Waals surface area contributed by atoms with Crippen molar-refractivity contribution in [3.63, 3.8) is 0 Å². The van der Waals surface area contributed by atoms with Crippen molar-refractivity contribution in [2.75, 3.05) is 0 Å². The zero-order chi connectivity index (χ0) is 10.9. The highest BCUT2D eigenvalue weighted by Gasteiger charge is 2.29. The highest BCUT2D eigenvalue weighted by Crippen LogP contribution is 2.41. The number of rotatable bonds is 2. The normalized spacial score (nSPS) is 25.4. The van der Waals surface area contributed by atoms with E-state index >= 15 is 0 Å². The highest BCUT2D eigenvalue weighted by molar-refractivity contribution is 6.16.